The quantitative estimate of drug-likeness (QED) is 0.299. The molecule has 5 heterocycles. The summed E-state index contributed by atoms with van der Waals surface area (Å²) in [7, 11) is 0. The standard InChI is InChI=1S/C28H26N10O3/c1-5-17-10-18(6-7-22(17)40-20-8-9-38-23(11-20)31-16-33-38)34-25-24-21(30-15-32-25)12-29-26(36-24)37-13-19(14-37)35-27(39)41-28(2,3)4/h1,6-12,15-16,19H,13-14H2,2-4H3,(H,35,39)(H,30,32,34). The molecule has 0 radical (unpaired) electrons. The molecule has 1 amide bonds. The van der Waals surface area contributed by atoms with Crippen molar-refractivity contribution in [3.05, 3.63) is 60.9 Å². The number of rotatable bonds is 6. The second-order valence-corrected chi connectivity index (χ2v) is 10.4. The number of terminal acetylenes is 1. The second-order valence-electron chi connectivity index (χ2n) is 10.4. The number of fused-ring (bicyclic) bond motifs is 2. The number of alkyl carbamates (subject to hydrolysis) is 1. The number of hydrogen-bond donors (Lipinski definition) is 2. The first-order valence-corrected chi connectivity index (χ1v) is 12.8. The molecule has 1 aliphatic rings. The van der Waals surface area contributed by atoms with Gasteiger partial charge in [-0.1, -0.05) is 5.92 Å². The summed E-state index contributed by atoms with van der Waals surface area (Å²) in [5.41, 5.74) is 2.48. The van der Waals surface area contributed by atoms with Crippen LogP contribution < -0.4 is 20.3 Å². The molecule has 1 aliphatic heterocycles. The molecule has 13 nitrogen and oxygen atoms in total. The van der Waals surface area contributed by atoms with E-state index < -0.39 is 11.7 Å². The molecule has 13 heteroatoms. The summed E-state index contributed by atoms with van der Waals surface area (Å²) in [5.74, 6) is 4.79. The molecule has 1 saturated heterocycles. The van der Waals surface area contributed by atoms with Crippen LogP contribution >= 0.6 is 0 Å². The highest BCUT2D eigenvalue weighted by Crippen LogP contribution is 2.30. The zero-order chi connectivity index (χ0) is 28.6. The minimum absolute atomic E-state index is 0.0602. The highest BCUT2D eigenvalue weighted by Gasteiger charge is 2.31. The molecule has 0 spiro atoms. The number of nitrogens with one attached hydrogen (secondary N) is 2. The van der Waals surface area contributed by atoms with Crippen LogP contribution in [0.1, 0.15) is 26.3 Å². The van der Waals surface area contributed by atoms with E-state index in [-0.39, 0.29) is 6.04 Å². The Morgan fingerprint density at radius 3 is 2.76 bits per heavy atom. The lowest BCUT2D eigenvalue weighted by Gasteiger charge is -2.39. The third kappa shape index (κ3) is 5.62. The van der Waals surface area contributed by atoms with E-state index >= 15 is 0 Å². The maximum Gasteiger partial charge on any atom is 0.407 e. The van der Waals surface area contributed by atoms with Crippen molar-refractivity contribution in [2.24, 2.45) is 0 Å². The van der Waals surface area contributed by atoms with Crippen molar-refractivity contribution in [1.29, 1.82) is 0 Å². The minimum Gasteiger partial charge on any atom is -0.456 e. The molecule has 206 valence electrons. The molecule has 1 aromatic carbocycles. The van der Waals surface area contributed by atoms with Crippen LogP contribution in [0.2, 0.25) is 0 Å². The maximum absolute atomic E-state index is 12.1. The average Bonchev–Trinajstić information content (AvgIpc) is 3.38. The lowest BCUT2D eigenvalue weighted by Crippen LogP contribution is -2.60. The van der Waals surface area contributed by atoms with E-state index in [4.69, 9.17) is 20.9 Å². The second kappa shape index (κ2) is 10.2. The Morgan fingerprint density at radius 2 is 1.95 bits per heavy atom. The van der Waals surface area contributed by atoms with E-state index in [0.717, 1.165) is 0 Å². The molecule has 5 aromatic rings. The number of carbonyl (C=O) groups is 1. The van der Waals surface area contributed by atoms with E-state index in [1.807, 2.05) is 31.7 Å². The Bertz CT molecular complexity index is 1800. The molecule has 0 bridgehead atoms. The Balaban J connectivity index is 1.17. The number of hydrogen-bond acceptors (Lipinski definition) is 11. The molecule has 41 heavy (non-hydrogen) atoms. The summed E-state index contributed by atoms with van der Waals surface area (Å²) in [6.45, 7) is 6.59. The van der Waals surface area contributed by atoms with Gasteiger partial charge in [0.25, 0.3) is 0 Å². The van der Waals surface area contributed by atoms with Gasteiger partial charge in [0.2, 0.25) is 5.95 Å². The largest absolute Gasteiger partial charge is 0.456 e. The van der Waals surface area contributed by atoms with Crippen molar-refractivity contribution in [3.8, 4) is 23.8 Å². The Kier molecular flexibility index (Phi) is 6.43. The van der Waals surface area contributed by atoms with Crippen molar-refractivity contribution in [2.75, 3.05) is 23.3 Å². The monoisotopic (exact) mass is 550 g/mol. The molecule has 0 unspecified atom stereocenters. The molecular formula is C28H26N10O3. The third-order valence-electron chi connectivity index (χ3n) is 6.13. The molecule has 1 fully saturated rings. The Hall–Kier alpha value is -5.51. The van der Waals surface area contributed by atoms with Crippen LogP contribution in [0.3, 0.4) is 0 Å². The van der Waals surface area contributed by atoms with Gasteiger partial charge in [0.1, 0.15) is 40.8 Å². The van der Waals surface area contributed by atoms with Crippen LogP contribution in [0.5, 0.6) is 11.5 Å². The van der Waals surface area contributed by atoms with E-state index in [1.165, 1.54) is 12.7 Å². The predicted molar refractivity (Wildman–Crippen MR) is 151 cm³/mol. The first kappa shape index (κ1) is 25.8. The van der Waals surface area contributed by atoms with Gasteiger partial charge in [0.05, 0.1) is 17.8 Å². The Labute approximate surface area is 235 Å². The number of aromatic nitrogens is 7. The van der Waals surface area contributed by atoms with E-state index in [2.05, 4.69) is 41.6 Å². The van der Waals surface area contributed by atoms with Crippen molar-refractivity contribution < 1.29 is 14.3 Å². The highest BCUT2D eigenvalue weighted by atomic mass is 16.6. The number of anilines is 3. The number of carbonyl (C=O) groups excluding carboxylic acids is 1. The summed E-state index contributed by atoms with van der Waals surface area (Å²) in [4.78, 5) is 36.0. The van der Waals surface area contributed by atoms with Crippen LogP contribution in [0.4, 0.5) is 22.2 Å². The van der Waals surface area contributed by atoms with Crippen molar-refractivity contribution in [3.63, 3.8) is 0 Å². The van der Waals surface area contributed by atoms with Gasteiger partial charge < -0.3 is 25.0 Å². The summed E-state index contributed by atoms with van der Waals surface area (Å²) < 4.78 is 13.0. The molecule has 0 aliphatic carbocycles. The third-order valence-corrected chi connectivity index (χ3v) is 6.13. The number of nitrogens with zero attached hydrogens (tertiary/aromatic N) is 8. The van der Waals surface area contributed by atoms with E-state index in [1.54, 1.807) is 41.2 Å². The van der Waals surface area contributed by atoms with Gasteiger partial charge in [0, 0.05) is 31.0 Å². The summed E-state index contributed by atoms with van der Waals surface area (Å²) in [5, 5.41) is 10.2. The van der Waals surface area contributed by atoms with Crippen LogP contribution in [-0.4, -0.2) is 65.4 Å². The van der Waals surface area contributed by atoms with Gasteiger partial charge in [-0.05, 0) is 45.0 Å². The zero-order valence-corrected chi connectivity index (χ0v) is 22.6. The van der Waals surface area contributed by atoms with Crippen LogP contribution in [0.25, 0.3) is 16.7 Å². The predicted octanol–water partition coefficient (Wildman–Crippen LogP) is 3.69. The fourth-order valence-corrected chi connectivity index (χ4v) is 4.23. The number of amides is 1. The molecular weight excluding hydrogens is 524 g/mol. The van der Waals surface area contributed by atoms with Crippen LogP contribution in [0, 0.1) is 12.3 Å². The number of benzene rings is 1. The number of ether oxygens (including phenoxy) is 2. The summed E-state index contributed by atoms with van der Waals surface area (Å²) >= 11 is 0. The fourth-order valence-electron chi connectivity index (χ4n) is 4.23. The first-order chi connectivity index (χ1) is 19.7. The van der Waals surface area contributed by atoms with Gasteiger partial charge in [-0.3, -0.25) is 0 Å². The smallest absolute Gasteiger partial charge is 0.407 e. The SMILES string of the molecule is C#Cc1cc(Nc2ncnc3cnc(N4CC(NC(=O)OC(C)(C)C)C4)nc23)ccc1Oc1ccn2ncnc2c1. The Morgan fingerprint density at radius 1 is 1.10 bits per heavy atom. The van der Waals surface area contributed by atoms with E-state index in [9.17, 15) is 4.79 Å². The average molecular weight is 551 g/mol. The van der Waals surface area contributed by atoms with E-state index in [0.29, 0.717) is 64.3 Å². The topological polar surface area (TPSA) is 145 Å². The van der Waals surface area contributed by atoms with Gasteiger partial charge in [0.15, 0.2) is 11.5 Å². The van der Waals surface area contributed by atoms with Gasteiger partial charge in [-0.15, -0.1) is 6.42 Å². The zero-order valence-electron chi connectivity index (χ0n) is 22.6. The minimum atomic E-state index is -0.555. The fraction of sp³-hybridized carbons (Fsp3) is 0.250. The highest BCUT2D eigenvalue weighted by molar-refractivity contribution is 5.87. The van der Waals surface area contributed by atoms with Gasteiger partial charge >= 0.3 is 6.09 Å². The summed E-state index contributed by atoms with van der Waals surface area (Å²) in [6, 6.07) is 8.92. The summed E-state index contributed by atoms with van der Waals surface area (Å²) in [6.07, 6.45) is 11.7. The van der Waals surface area contributed by atoms with Crippen LogP contribution in [0.15, 0.2) is 55.4 Å². The number of pyridine rings is 1. The van der Waals surface area contributed by atoms with Crippen molar-refractivity contribution in [2.45, 2.75) is 32.4 Å². The first-order valence-electron chi connectivity index (χ1n) is 12.8. The van der Waals surface area contributed by atoms with Gasteiger partial charge in [-0.2, -0.15) is 5.10 Å². The molecule has 0 atom stereocenters. The van der Waals surface area contributed by atoms with Gasteiger partial charge in [-0.25, -0.2) is 34.2 Å². The van der Waals surface area contributed by atoms with Crippen molar-refractivity contribution >= 4 is 40.2 Å². The van der Waals surface area contributed by atoms with Crippen LogP contribution in [-0.2, 0) is 4.74 Å². The normalized spacial score (nSPS) is 13.5. The molecule has 2 N–H and O–H groups in total. The lowest BCUT2D eigenvalue weighted by molar-refractivity contribution is 0.0495. The molecule has 4 aromatic heterocycles. The van der Waals surface area contributed by atoms with Crippen molar-refractivity contribution in [1.82, 2.24) is 39.9 Å². The maximum atomic E-state index is 12.1. The molecule has 0 saturated carbocycles. The molecule has 6 rings (SSSR count). The lowest BCUT2D eigenvalue weighted by atomic mass is 10.1.